The van der Waals surface area contributed by atoms with Crippen LogP contribution in [0.4, 0.5) is 4.39 Å². The summed E-state index contributed by atoms with van der Waals surface area (Å²) < 4.78 is 13.4. The number of hydrogen-bond donors (Lipinski definition) is 2. The Labute approximate surface area is 189 Å². The lowest BCUT2D eigenvalue weighted by Crippen LogP contribution is -2.29. The molecule has 1 aromatic heterocycles. The predicted molar refractivity (Wildman–Crippen MR) is 120 cm³/mol. The van der Waals surface area contributed by atoms with Gasteiger partial charge in [0.15, 0.2) is 0 Å². The van der Waals surface area contributed by atoms with Crippen LogP contribution in [0.3, 0.4) is 0 Å². The van der Waals surface area contributed by atoms with Crippen molar-refractivity contribution in [2.45, 2.75) is 19.5 Å². The molecule has 1 aliphatic heterocycles. The molecule has 5 rings (SSSR count). The second-order valence-corrected chi connectivity index (χ2v) is 8.33. The topological polar surface area (TPSA) is 69.2 Å². The molecule has 0 radical (unpaired) electrons. The van der Waals surface area contributed by atoms with Crippen LogP contribution in [0.15, 0.2) is 66.7 Å². The number of nitrogens with zero attached hydrogens (tertiary/aromatic N) is 2. The van der Waals surface area contributed by atoms with Crippen molar-refractivity contribution in [3.8, 4) is 17.0 Å². The van der Waals surface area contributed by atoms with Gasteiger partial charge in [-0.2, -0.15) is 5.10 Å². The summed E-state index contributed by atoms with van der Waals surface area (Å²) in [6.45, 7) is 2.29. The zero-order valence-corrected chi connectivity index (χ0v) is 17.9. The van der Waals surface area contributed by atoms with Gasteiger partial charge in [0.2, 0.25) is 0 Å². The van der Waals surface area contributed by atoms with Gasteiger partial charge in [-0.05, 0) is 48.4 Å². The molecule has 1 unspecified atom stereocenters. The largest absolute Gasteiger partial charge is 0.507 e. The highest BCUT2D eigenvalue weighted by atomic mass is 35.5. The Morgan fingerprint density at radius 2 is 1.81 bits per heavy atom. The van der Waals surface area contributed by atoms with Crippen molar-refractivity contribution >= 4 is 17.5 Å². The quantitative estimate of drug-likeness (QED) is 0.426. The van der Waals surface area contributed by atoms with E-state index in [1.165, 1.54) is 18.2 Å². The van der Waals surface area contributed by atoms with Gasteiger partial charge in [-0.3, -0.25) is 9.89 Å². The molecule has 2 heterocycles. The number of aromatic amines is 1. The number of phenols is 1. The SMILES string of the molecule is Cc1ccc(C2c3c(-c4cc(Cl)ccc4O)n[nH]c3C(=O)N2Cc2ccc(F)cc2)cc1. The van der Waals surface area contributed by atoms with Gasteiger partial charge in [0.25, 0.3) is 5.91 Å². The molecule has 0 bridgehead atoms. The highest BCUT2D eigenvalue weighted by molar-refractivity contribution is 6.31. The monoisotopic (exact) mass is 447 g/mol. The molecule has 0 saturated carbocycles. The molecule has 5 nitrogen and oxygen atoms in total. The van der Waals surface area contributed by atoms with Gasteiger partial charge >= 0.3 is 0 Å². The number of aromatic nitrogens is 2. The van der Waals surface area contributed by atoms with E-state index >= 15 is 0 Å². The second-order valence-electron chi connectivity index (χ2n) is 7.90. The number of carbonyl (C=O) groups excluding carboxylic acids is 1. The highest BCUT2D eigenvalue weighted by Crippen LogP contribution is 2.45. The summed E-state index contributed by atoms with van der Waals surface area (Å²) in [7, 11) is 0. The van der Waals surface area contributed by atoms with Crippen molar-refractivity contribution < 1.29 is 14.3 Å². The van der Waals surface area contributed by atoms with Gasteiger partial charge in [0, 0.05) is 22.7 Å². The van der Waals surface area contributed by atoms with Crippen molar-refractivity contribution in [3.63, 3.8) is 0 Å². The van der Waals surface area contributed by atoms with Gasteiger partial charge in [-0.1, -0.05) is 53.6 Å². The maximum absolute atomic E-state index is 13.4. The average Bonchev–Trinajstić information content (AvgIpc) is 3.32. The first-order valence-electron chi connectivity index (χ1n) is 10.1. The van der Waals surface area contributed by atoms with Crippen LogP contribution in [0.25, 0.3) is 11.3 Å². The molecule has 0 saturated heterocycles. The third-order valence-corrected chi connectivity index (χ3v) is 5.97. The van der Waals surface area contributed by atoms with Crippen LogP contribution in [0.2, 0.25) is 5.02 Å². The van der Waals surface area contributed by atoms with Crippen LogP contribution in [0.5, 0.6) is 5.75 Å². The summed E-state index contributed by atoms with van der Waals surface area (Å²) in [5.41, 5.74) is 4.79. The Balaban J connectivity index is 1.66. The van der Waals surface area contributed by atoms with Crippen LogP contribution in [-0.4, -0.2) is 26.1 Å². The Bertz CT molecular complexity index is 1320. The molecule has 1 aliphatic rings. The summed E-state index contributed by atoms with van der Waals surface area (Å²) in [4.78, 5) is 15.1. The molecular formula is C25H19ClFN3O2. The van der Waals surface area contributed by atoms with Crippen LogP contribution < -0.4 is 0 Å². The van der Waals surface area contributed by atoms with Gasteiger partial charge in [-0.15, -0.1) is 0 Å². The van der Waals surface area contributed by atoms with Crippen molar-refractivity contribution in [3.05, 3.63) is 106 Å². The number of fused-ring (bicyclic) bond motifs is 1. The minimum absolute atomic E-state index is 0.0239. The van der Waals surface area contributed by atoms with E-state index in [4.69, 9.17) is 11.6 Å². The molecule has 0 fully saturated rings. The van der Waals surface area contributed by atoms with Crippen LogP contribution in [0, 0.1) is 12.7 Å². The van der Waals surface area contributed by atoms with Gasteiger partial charge in [0.05, 0.1) is 6.04 Å². The molecule has 2 N–H and O–H groups in total. The van der Waals surface area contributed by atoms with Crippen LogP contribution in [0.1, 0.15) is 38.8 Å². The fourth-order valence-corrected chi connectivity index (χ4v) is 4.32. The lowest BCUT2D eigenvalue weighted by molar-refractivity contribution is 0.0730. The Morgan fingerprint density at radius 1 is 1.09 bits per heavy atom. The molecule has 0 aliphatic carbocycles. The number of carbonyl (C=O) groups is 1. The molecule has 1 atom stereocenters. The standard InChI is InChI=1S/C25H19ClFN3O2/c1-14-2-6-16(7-3-14)24-21-22(19-12-17(26)8-11-20(19)31)28-29-23(21)25(32)30(24)13-15-4-9-18(27)10-5-15/h2-12,24,31H,13H2,1H3,(H,28,29). The van der Waals surface area contributed by atoms with E-state index in [0.29, 0.717) is 34.1 Å². The predicted octanol–water partition coefficient (Wildman–Crippen LogP) is 5.63. The summed E-state index contributed by atoms with van der Waals surface area (Å²) in [5.74, 6) is -0.518. The van der Waals surface area contributed by atoms with Gasteiger partial charge < -0.3 is 10.0 Å². The minimum Gasteiger partial charge on any atom is -0.507 e. The molecule has 0 spiro atoms. The summed E-state index contributed by atoms with van der Waals surface area (Å²) in [6, 6.07) is 18.3. The second kappa shape index (κ2) is 7.80. The summed E-state index contributed by atoms with van der Waals surface area (Å²) >= 11 is 6.18. The van der Waals surface area contributed by atoms with Crippen LogP contribution in [-0.2, 0) is 6.54 Å². The lowest BCUT2D eigenvalue weighted by Gasteiger charge is -2.26. The first-order chi connectivity index (χ1) is 15.4. The molecule has 4 aromatic rings. The first kappa shape index (κ1) is 20.3. The number of rotatable bonds is 4. The number of H-pyrrole nitrogens is 1. The van der Waals surface area contributed by atoms with Crippen molar-refractivity contribution in [2.75, 3.05) is 0 Å². The molecule has 3 aromatic carbocycles. The zero-order valence-electron chi connectivity index (χ0n) is 17.1. The zero-order chi connectivity index (χ0) is 22.4. The molecular weight excluding hydrogens is 429 g/mol. The number of benzene rings is 3. The fraction of sp³-hybridized carbons (Fsp3) is 0.120. The number of halogens is 2. The molecule has 160 valence electrons. The van der Waals surface area contributed by atoms with E-state index in [9.17, 15) is 14.3 Å². The molecule has 32 heavy (non-hydrogen) atoms. The summed E-state index contributed by atoms with van der Waals surface area (Å²) in [6.07, 6.45) is 0. The molecule has 1 amide bonds. The van der Waals surface area contributed by atoms with E-state index in [2.05, 4.69) is 10.2 Å². The first-order valence-corrected chi connectivity index (χ1v) is 10.5. The number of phenolic OH excluding ortho intramolecular Hbond substituents is 1. The average molecular weight is 448 g/mol. The maximum Gasteiger partial charge on any atom is 0.273 e. The van der Waals surface area contributed by atoms with E-state index < -0.39 is 6.04 Å². The van der Waals surface area contributed by atoms with Crippen molar-refractivity contribution in [1.29, 1.82) is 0 Å². The Kier molecular flexibility index (Phi) is 4.94. The number of hydrogen-bond acceptors (Lipinski definition) is 3. The van der Waals surface area contributed by atoms with Crippen molar-refractivity contribution in [1.82, 2.24) is 15.1 Å². The number of nitrogens with one attached hydrogen (secondary N) is 1. The highest BCUT2D eigenvalue weighted by Gasteiger charge is 2.42. The Morgan fingerprint density at radius 3 is 2.53 bits per heavy atom. The number of aromatic hydroxyl groups is 1. The maximum atomic E-state index is 13.4. The molecule has 7 heteroatoms. The number of amides is 1. The van der Waals surface area contributed by atoms with E-state index in [1.54, 1.807) is 29.2 Å². The van der Waals surface area contributed by atoms with E-state index in [0.717, 1.165) is 16.7 Å². The fourth-order valence-electron chi connectivity index (χ4n) is 4.14. The van der Waals surface area contributed by atoms with Gasteiger partial charge in [-0.25, -0.2) is 4.39 Å². The van der Waals surface area contributed by atoms with E-state index in [1.807, 2.05) is 31.2 Å². The minimum atomic E-state index is -0.435. The lowest BCUT2D eigenvalue weighted by atomic mass is 9.95. The third-order valence-electron chi connectivity index (χ3n) is 5.74. The Hall–Kier alpha value is -3.64. The third kappa shape index (κ3) is 3.42. The number of aryl methyl sites for hydroxylation is 1. The van der Waals surface area contributed by atoms with Crippen LogP contribution >= 0.6 is 11.6 Å². The summed E-state index contributed by atoms with van der Waals surface area (Å²) in [5, 5.41) is 18.2. The van der Waals surface area contributed by atoms with Gasteiger partial charge in [0.1, 0.15) is 23.0 Å². The normalized spacial score (nSPS) is 15.3. The van der Waals surface area contributed by atoms with E-state index in [-0.39, 0.29) is 17.5 Å². The van der Waals surface area contributed by atoms with Crippen molar-refractivity contribution in [2.24, 2.45) is 0 Å². The smallest absolute Gasteiger partial charge is 0.273 e.